The number of carboxylic acids is 1. The number of benzene rings is 1. The number of carbonyl (C=O) groups is 1. The minimum atomic E-state index is -0.881. The summed E-state index contributed by atoms with van der Waals surface area (Å²) in [5, 5.41) is 9.29. The topological polar surface area (TPSA) is 59.0 Å². The quantitative estimate of drug-likeness (QED) is 0.903. The molecule has 5 heteroatoms. The largest absolute Gasteiger partial charge is 0.478 e. The van der Waals surface area contributed by atoms with E-state index in [1.54, 1.807) is 19.2 Å². The Bertz CT molecular complexity index is 527. The van der Waals surface area contributed by atoms with Crippen molar-refractivity contribution in [1.82, 2.24) is 4.90 Å². The van der Waals surface area contributed by atoms with Gasteiger partial charge in [0.2, 0.25) is 0 Å². The molecule has 1 aromatic carbocycles. The second kappa shape index (κ2) is 6.77. The van der Waals surface area contributed by atoms with Crippen LogP contribution in [0.3, 0.4) is 0 Å². The van der Waals surface area contributed by atoms with E-state index in [4.69, 9.17) is 9.47 Å². The van der Waals surface area contributed by atoms with Crippen LogP contribution in [0.1, 0.15) is 35.2 Å². The molecule has 120 valence electrons. The highest BCUT2D eigenvalue weighted by Gasteiger charge is 2.40. The molecule has 0 bridgehead atoms. The second-order valence-electron chi connectivity index (χ2n) is 6.07. The molecule has 22 heavy (non-hydrogen) atoms. The van der Waals surface area contributed by atoms with Crippen LogP contribution in [0.5, 0.6) is 0 Å². The van der Waals surface area contributed by atoms with Crippen molar-refractivity contribution in [2.24, 2.45) is 0 Å². The molecule has 0 aliphatic carbocycles. The third-order valence-electron chi connectivity index (χ3n) is 4.68. The average Bonchev–Trinajstić information content (AvgIpc) is 3.16. The van der Waals surface area contributed by atoms with Crippen LogP contribution < -0.4 is 0 Å². The lowest BCUT2D eigenvalue weighted by atomic mass is 9.99. The first-order chi connectivity index (χ1) is 10.7. The fourth-order valence-corrected chi connectivity index (χ4v) is 3.61. The van der Waals surface area contributed by atoms with E-state index in [-0.39, 0.29) is 18.4 Å². The lowest BCUT2D eigenvalue weighted by Crippen LogP contribution is -2.39. The van der Waals surface area contributed by atoms with Crippen molar-refractivity contribution in [3.05, 3.63) is 35.4 Å². The van der Waals surface area contributed by atoms with Crippen LogP contribution in [-0.2, 0) is 15.9 Å². The van der Waals surface area contributed by atoms with Gasteiger partial charge in [-0.2, -0.15) is 0 Å². The Balaban J connectivity index is 1.70. The molecule has 2 saturated heterocycles. The lowest BCUT2D eigenvalue weighted by Gasteiger charge is -2.26. The summed E-state index contributed by atoms with van der Waals surface area (Å²) < 4.78 is 11.5. The van der Waals surface area contributed by atoms with E-state index < -0.39 is 5.97 Å². The van der Waals surface area contributed by atoms with E-state index in [1.165, 1.54) is 12.8 Å². The van der Waals surface area contributed by atoms with Crippen LogP contribution in [0.25, 0.3) is 0 Å². The fraction of sp³-hybridized carbons (Fsp3) is 0.588. The van der Waals surface area contributed by atoms with Crippen LogP contribution >= 0.6 is 0 Å². The molecule has 1 N–H and O–H groups in total. The van der Waals surface area contributed by atoms with Crippen molar-refractivity contribution in [2.45, 2.75) is 44.1 Å². The van der Waals surface area contributed by atoms with Crippen LogP contribution in [0.4, 0.5) is 0 Å². The van der Waals surface area contributed by atoms with Gasteiger partial charge in [0.1, 0.15) is 0 Å². The molecule has 2 aliphatic rings. The average molecular weight is 305 g/mol. The Morgan fingerprint density at radius 3 is 2.77 bits per heavy atom. The Hall–Kier alpha value is -1.43. The smallest absolute Gasteiger partial charge is 0.335 e. The van der Waals surface area contributed by atoms with Crippen molar-refractivity contribution in [3.63, 3.8) is 0 Å². The summed E-state index contributed by atoms with van der Waals surface area (Å²) in [5.74, 6) is -0.881. The van der Waals surface area contributed by atoms with Gasteiger partial charge in [0, 0.05) is 7.11 Å². The molecule has 0 saturated carbocycles. The first-order valence-electron chi connectivity index (χ1n) is 7.92. The van der Waals surface area contributed by atoms with E-state index in [9.17, 15) is 9.90 Å². The molecule has 3 atom stereocenters. The summed E-state index contributed by atoms with van der Waals surface area (Å²) in [6.45, 7) is 2.21. The maximum Gasteiger partial charge on any atom is 0.335 e. The second-order valence-corrected chi connectivity index (χ2v) is 6.07. The summed E-state index contributed by atoms with van der Waals surface area (Å²) in [7, 11) is 1.68. The van der Waals surface area contributed by atoms with Crippen LogP contribution in [-0.4, -0.2) is 54.6 Å². The predicted molar refractivity (Wildman–Crippen MR) is 82.0 cm³/mol. The van der Waals surface area contributed by atoms with Crippen LogP contribution in [0, 0.1) is 0 Å². The molecule has 5 nitrogen and oxygen atoms in total. The predicted octanol–water partition coefficient (Wildman–Crippen LogP) is 2.15. The van der Waals surface area contributed by atoms with E-state index in [0.717, 1.165) is 25.1 Å². The Labute approximate surface area is 130 Å². The molecule has 0 radical (unpaired) electrons. The van der Waals surface area contributed by atoms with Gasteiger partial charge in [-0.25, -0.2) is 4.79 Å². The molecular weight excluding hydrogens is 282 g/mol. The Morgan fingerprint density at radius 2 is 2.09 bits per heavy atom. The maximum atomic E-state index is 11.3. The normalized spacial score (nSPS) is 29.0. The number of nitrogens with zero attached hydrogens (tertiary/aromatic N) is 1. The lowest BCUT2D eigenvalue weighted by molar-refractivity contribution is -0.135. The van der Waals surface area contributed by atoms with Gasteiger partial charge in [0.15, 0.2) is 6.29 Å². The molecule has 0 aromatic heterocycles. The third kappa shape index (κ3) is 3.16. The van der Waals surface area contributed by atoms with E-state index in [1.807, 2.05) is 12.1 Å². The van der Waals surface area contributed by atoms with Gasteiger partial charge in [-0.05, 0) is 50.4 Å². The Kier molecular flexibility index (Phi) is 4.76. The zero-order chi connectivity index (χ0) is 15.5. The molecular formula is C17H23NO4. The minimum absolute atomic E-state index is 0.0102. The number of hydrogen-bond donors (Lipinski definition) is 1. The standard InChI is InChI=1S/C17H23NO4/c1-21-17-15(18-8-4-5-9-18)11-13(22-17)10-12-6-2-3-7-14(12)16(19)20/h2-3,6-7,13,15,17H,4-5,8-11H2,1H3,(H,19,20)/t13-,15+,17?/m0/s1. The fourth-order valence-electron chi connectivity index (χ4n) is 3.61. The van der Waals surface area contributed by atoms with E-state index >= 15 is 0 Å². The van der Waals surface area contributed by atoms with Crippen molar-refractivity contribution >= 4 is 5.97 Å². The minimum Gasteiger partial charge on any atom is -0.478 e. The van der Waals surface area contributed by atoms with Crippen molar-refractivity contribution in [1.29, 1.82) is 0 Å². The zero-order valence-electron chi connectivity index (χ0n) is 12.9. The summed E-state index contributed by atoms with van der Waals surface area (Å²) in [6.07, 6.45) is 3.79. The molecule has 0 spiro atoms. The van der Waals surface area contributed by atoms with Gasteiger partial charge in [-0.15, -0.1) is 0 Å². The SMILES string of the molecule is COC1O[C@@H](Cc2ccccc2C(=O)O)C[C@H]1N1CCCC1. The first-order valence-corrected chi connectivity index (χ1v) is 7.92. The monoisotopic (exact) mass is 305 g/mol. The van der Waals surface area contributed by atoms with Gasteiger partial charge < -0.3 is 14.6 Å². The molecule has 2 aliphatic heterocycles. The zero-order valence-corrected chi connectivity index (χ0v) is 12.9. The Morgan fingerprint density at radius 1 is 1.36 bits per heavy atom. The van der Waals surface area contributed by atoms with Gasteiger partial charge >= 0.3 is 5.97 Å². The summed E-state index contributed by atoms with van der Waals surface area (Å²) in [6, 6.07) is 7.45. The molecule has 3 rings (SSSR count). The highest BCUT2D eigenvalue weighted by Crippen LogP contribution is 2.30. The molecule has 1 aromatic rings. The molecule has 2 heterocycles. The molecule has 1 unspecified atom stereocenters. The number of likely N-dealkylation sites (tertiary alicyclic amines) is 1. The maximum absolute atomic E-state index is 11.3. The van der Waals surface area contributed by atoms with Crippen LogP contribution in [0.15, 0.2) is 24.3 Å². The van der Waals surface area contributed by atoms with Gasteiger partial charge in [0.05, 0.1) is 17.7 Å². The highest BCUT2D eigenvalue weighted by atomic mass is 16.7. The van der Waals surface area contributed by atoms with Crippen molar-refractivity contribution in [2.75, 3.05) is 20.2 Å². The third-order valence-corrected chi connectivity index (χ3v) is 4.68. The summed E-state index contributed by atoms with van der Waals surface area (Å²) in [4.78, 5) is 13.8. The first kappa shape index (κ1) is 15.5. The number of ether oxygens (including phenoxy) is 2. The van der Waals surface area contributed by atoms with Crippen molar-refractivity contribution in [3.8, 4) is 0 Å². The van der Waals surface area contributed by atoms with Gasteiger partial charge in [-0.3, -0.25) is 4.90 Å². The van der Waals surface area contributed by atoms with Gasteiger partial charge in [-0.1, -0.05) is 18.2 Å². The van der Waals surface area contributed by atoms with E-state index in [0.29, 0.717) is 12.0 Å². The van der Waals surface area contributed by atoms with Crippen LogP contribution in [0.2, 0.25) is 0 Å². The highest BCUT2D eigenvalue weighted by molar-refractivity contribution is 5.89. The number of rotatable bonds is 5. The van der Waals surface area contributed by atoms with E-state index in [2.05, 4.69) is 4.90 Å². The number of hydrogen-bond acceptors (Lipinski definition) is 4. The number of carboxylic acid groups (broad SMARTS) is 1. The summed E-state index contributed by atoms with van der Waals surface area (Å²) in [5.41, 5.74) is 1.20. The molecule has 2 fully saturated rings. The molecule has 0 amide bonds. The van der Waals surface area contributed by atoms with Gasteiger partial charge in [0.25, 0.3) is 0 Å². The number of methoxy groups -OCH3 is 1. The number of aromatic carboxylic acids is 1. The van der Waals surface area contributed by atoms with Crippen molar-refractivity contribution < 1.29 is 19.4 Å². The summed E-state index contributed by atoms with van der Waals surface area (Å²) >= 11 is 0.